The Morgan fingerprint density at radius 1 is 1.12 bits per heavy atom. The number of oxazole rings is 1. The van der Waals surface area contributed by atoms with E-state index in [0.717, 1.165) is 10.6 Å². The molecule has 1 aromatic heterocycles. The Labute approximate surface area is 187 Å². The fourth-order valence-electron chi connectivity index (χ4n) is 3.63. The lowest BCUT2D eigenvalue weighted by Gasteiger charge is -2.34. The Balaban J connectivity index is 1.44. The normalized spacial score (nSPS) is 15.0. The molecule has 0 unspecified atom stereocenters. The molecule has 12 nitrogen and oxygen atoms in total. The van der Waals surface area contributed by atoms with Gasteiger partial charge in [-0.2, -0.15) is 4.31 Å². The summed E-state index contributed by atoms with van der Waals surface area (Å²) in [5.41, 5.74) is 0.0426. The van der Waals surface area contributed by atoms with Gasteiger partial charge in [-0.15, -0.1) is 0 Å². The van der Waals surface area contributed by atoms with E-state index in [2.05, 4.69) is 0 Å². The number of nitrogens with zero attached hydrogens (tertiary/aromatic N) is 4. The van der Waals surface area contributed by atoms with Crippen LogP contribution < -0.4 is 10.5 Å². The summed E-state index contributed by atoms with van der Waals surface area (Å²) in [5, 5.41) is 10.9. The number of carbonyl (C=O) groups excluding carboxylic acids is 1. The number of aromatic nitrogens is 1. The molecular formula is C20H20N4O8S. The van der Waals surface area contributed by atoms with Crippen molar-refractivity contribution in [1.82, 2.24) is 13.8 Å². The van der Waals surface area contributed by atoms with Gasteiger partial charge in [-0.05, 0) is 30.3 Å². The molecule has 0 spiro atoms. The number of nitro groups is 1. The highest BCUT2D eigenvalue weighted by Crippen LogP contribution is 2.22. The van der Waals surface area contributed by atoms with Crippen LogP contribution in [0.4, 0.5) is 5.69 Å². The second-order valence-corrected chi connectivity index (χ2v) is 9.26. The molecule has 174 valence electrons. The molecule has 1 aliphatic rings. The number of carbonyl (C=O) groups is 1. The number of nitro benzene ring substituents is 1. The molecule has 1 amide bonds. The van der Waals surface area contributed by atoms with Gasteiger partial charge in [-0.3, -0.25) is 19.5 Å². The van der Waals surface area contributed by atoms with E-state index in [9.17, 15) is 28.1 Å². The molecule has 1 aliphatic heterocycles. The minimum absolute atomic E-state index is 0.0115. The van der Waals surface area contributed by atoms with Crippen LogP contribution in [0.3, 0.4) is 0 Å². The van der Waals surface area contributed by atoms with E-state index in [1.807, 2.05) is 0 Å². The van der Waals surface area contributed by atoms with Gasteiger partial charge in [0.2, 0.25) is 15.9 Å². The third kappa shape index (κ3) is 4.32. The van der Waals surface area contributed by atoms with Gasteiger partial charge in [0.25, 0.3) is 5.69 Å². The van der Waals surface area contributed by atoms with Crippen molar-refractivity contribution in [2.75, 3.05) is 33.3 Å². The number of amides is 1. The number of sulfonamides is 1. The topological polar surface area (TPSA) is 145 Å². The molecule has 0 aliphatic carbocycles. The van der Waals surface area contributed by atoms with Crippen molar-refractivity contribution in [2.24, 2.45) is 0 Å². The van der Waals surface area contributed by atoms with Crippen LogP contribution in [0, 0.1) is 10.1 Å². The standard InChI is InChI=1S/C20H20N4O8S/c1-31-15-3-5-16(6-4-15)33(29,30)22-10-8-21(9-11-22)19(25)13-23-17-7-2-14(24(27)28)12-18(17)32-20(23)26/h2-7,12H,8-11,13H2,1H3. The lowest BCUT2D eigenvalue weighted by Crippen LogP contribution is -2.51. The molecule has 0 bridgehead atoms. The van der Waals surface area contributed by atoms with E-state index in [4.69, 9.17) is 9.15 Å². The van der Waals surface area contributed by atoms with Gasteiger partial charge in [0.15, 0.2) is 5.58 Å². The molecule has 0 atom stereocenters. The number of fused-ring (bicyclic) bond motifs is 1. The predicted octanol–water partition coefficient (Wildman–Crippen LogP) is 1.04. The van der Waals surface area contributed by atoms with Crippen LogP contribution in [0.1, 0.15) is 0 Å². The molecule has 4 rings (SSSR count). The largest absolute Gasteiger partial charge is 0.497 e. The number of hydrogen-bond donors (Lipinski definition) is 0. The Bertz CT molecular complexity index is 1370. The summed E-state index contributed by atoms with van der Waals surface area (Å²) >= 11 is 0. The Kier molecular flexibility index (Phi) is 5.91. The average Bonchev–Trinajstić information content (AvgIpc) is 3.13. The predicted molar refractivity (Wildman–Crippen MR) is 115 cm³/mol. The van der Waals surface area contributed by atoms with Gasteiger partial charge in [0.05, 0.1) is 28.5 Å². The first kappa shape index (κ1) is 22.5. The maximum atomic E-state index is 12.9. The zero-order chi connectivity index (χ0) is 23.8. The lowest BCUT2D eigenvalue weighted by atomic mass is 10.3. The SMILES string of the molecule is COc1ccc(S(=O)(=O)N2CCN(C(=O)Cn3c(=O)oc4cc([N+](=O)[O-])ccc43)CC2)cc1. The summed E-state index contributed by atoms with van der Waals surface area (Å²) in [6.07, 6.45) is 0. The van der Waals surface area contributed by atoms with E-state index >= 15 is 0 Å². The Hall–Kier alpha value is -3.71. The summed E-state index contributed by atoms with van der Waals surface area (Å²) in [4.78, 5) is 36.8. The first-order valence-corrected chi connectivity index (χ1v) is 11.3. The molecule has 1 saturated heterocycles. The van der Waals surface area contributed by atoms with E-state index < -0.39 is 20.7 Å². The van der Waals surface area contributed by atoms with Crippen molar-refractivity contribution >= 4 is 32.7 Å². The summed E-state index contributed by atoms with van der Waals surface area (Å²) in [5.74, 6) is -0.653. The number of hydrogen-bond acceptors (Lipinski definition) is 8. The smallest absolute Gasteiger partial charge is 0.420 e. The van der Waals surface area contributed by atoms with Crippen molar-refractivity contribution in [1.29, 1.82) is 0 Å². The van der Waals surface area contributed by atoms with Crippen molar-refractivity contribution in [2.45, 2.75) is 11.4 Å². The summed E-state index contributed by atoms with van der Waals surface area (Å²) in [6.45, 7) is 0.198. The van der Waals surface area contributed by atoms with E-state index in [-0.39, 0.29) is 60.3 Å². The van der Waals surface area contributed by atoms with Gasteiger partial charge in [0.1, 0.15) is 12.3 Å². The third-order valence-electron chi connectivity index (χ3n) is 5.44. The van der Waals surface area contributed by atoms with Crippen molar-refractivity contribution in [3.8, 4) is 5.75 Å². The number of benzene rings is 2. The molecule has 2 heterocycles. The Morgan fingerprint density at radius 3 is 2.39 bits per heavy atom. The Morgan fingerprint density at radius 2 is 1.79 bits per heavy atom. The molecule has 33 heavy (non-hydrogen) atoms. The summed E-state index contributed by atoms with van der Waals surface area (Å²) in [6, 6.07) is 9.76. The maximum absolute atomic E-state index is 12.9. The number of non-ortho nitro benzene ring substituents is 1. The van der Waals surface area contributed by atoms with Crippen LogP contribution in [-0.2, 0) is 21.4 Å². The van der Waals surface area contributed by atoms with Crippen LogP contribution in [-0.4, -0.2) is 66.3 Å². The van der Waals surface area contributed by atoms with Crippen LogP contribution in [0.5, 0.6) is 5.75 Å². The van der Waals surface area contributed by atoms with E-state index in [0.29, 0.717) is 5.75 Å². The fourth-order valence-corrected chi connectivity index (χ4v) is 5.05. The molecule has 0 radical (unpaired) electrons. The minimum Gasteiger partial charge on any atom is -0.497 e. The average molecular weight is 476 g/mol. The molecule has 0 saturated carbocycles. The van der Waals surface area contributed by atoms with Crippen LogP contribution in [0.2, 0.25) is 0 Å². The zero-order valence-electron chi connectivity index (χ0n) is 17.5. The molecule has 1 fully saturated rings. The molecule has 0 N–H and O–H groups in total. The zero-order valence-corrected chi connectivity index (χ0v) is 18.4. The molecule has 13 heteroatoms. The quantitative estimate of drug-likeness (QED) is 0.379. The van der Waals surface area contributed by atoms with Gasteiger partial charge < -0.3 is 14.1 Å². The van der Waals surface area contributed by atoms with Crippen molar-refractivity contribution < 1.29 is 27.3 Å². The summed E-state index contributed by atoms with van der Waals surface area (Å²) in [7, 11) is -2.23. The number of methoxy groups -OCH3 is 1. The summed E-state index contributed by atoms with van der Waals surface area (Å²) < 4.78 is 38.2. The first-order valence-electron chi connectivity index (χ1n) is 9.90. The maximum Gasteiger partial charge on any atom is 0.420 e. The second-order valence-electron chi connectivity index (χ2n) is 7.32. The monoisotopic (exact) mass is 476 g/mol. The highest BCUT2D eigenvalue weighted by atomic mass is 32.2. The second kappa shape index (κ2) is 8.67. The number of piperazine rings is 1. The van der Waals surface area contributed by atoms with E-state index in [1.165, 1.54) is 40.6 Å². The highest BCUT2D eigenvalue weighted by Gasteiger charge is 2.30. The van der Waals surface area contributed by atoms with Gasteiger partial charge in [0, 0.05) is 32.2 Å². The van der Waals surface area contributed by atoms with Crippen molar-refractivity contribution in [3.63, 3.8) is 0 Å². The first-order chi connectivity index (χ1) is 15.7. The molecule has 2 aromatic carbocycles. The highest BCUT2D eigenvalue weighted by molar-refractivity contribution is 7.89. The van der Waals surface area contributed by atoms with Crippen LogP contribution >= 0.6 is 0 Å². The number of rotatable bonds is 6. The molecular weight excluding hydrogens is 456 g/mol. The lowest BCUT2D eigenvalue weighted by molar-refractivity contribution is -0.384. The van der Waals surface area contributed by atoms with Crippen LogP contribution in [0.25, 0.3) is 11.1 Å². The van der Waals surface area contributed by atoms with Gasteiger partial charge >= 0.3 is 5.76 Å². The molecule has 3 aromatic rings. The third-order valence-corrected chi connectivity index (χ3v) is 7.36. The van der Waals surface area contributed by atoms with E-state index in [1.54, 1.807) is 12.1 Å². The fraction of sp³-hybridized carbons (Fsp3) is 0.300. The van der Waals surface area contributed by atoms with Gasteiger partial charge in [-0.1, -0.05) is 0 Å². The van der Waals surface area contributed by atoms with Gasteiger partial charge in [-0.25, -0.2) is 13.2 Å². The van der Waals surface area contributed by atoms with Crippen LogP contribution in [0.15, 0.2) is 56.6 Å². The number of ether oxygens (including phenoxy) is 1. The minimum atomic E-state index is -3.72. The van der Waals surface area contributed by atoms with Crippen molar-refractivity contribution in [3.05, 3.63) is 63.1 Å².